The van der Waals surface area contributed by atoms with E-state index < -0.39 is 0 Å². The predicted molar refractivity (Wildman–Crippen MR) is 83.9 cm³/mol. The van der Waals surface area contributed by atoms with E-state index in [0.717, 1.165) is 38.8 Å². The first-order valence-corrected chi connectivity index (χ1v) is 7.91. The molecule has 1 heterocycles. The number of aryl methyl sites for hydroxylation is 2. The first kappa shape index (κ1) is 17.2. The van der Waals surface area contributed by atoms with Gasteiger partial charge in [-0.1, -0.05) is 13.8 Å². The molecule has 0 spiro atoms. The lowest BCUT2D eigenvalue weighted by molar-refractivity contribution is -0.0569. The van der Waals surface area contributed by atoms with Gasteiger partial charge in [0.05, 0.1) is 5.60 Å². The molecule has 0 radical (unpaired) electrons. The van der Waals surface area contributed by atoms with E-state index in [9.17, 15) is 0 Å². The molecule has 4 nitrogen and oxygen atoms in total. The summed E-state index contributed by atoms with van der Waals surface area (Å²) in [5.74, 6) is 0. The summed E-state index contributed by atoms with van der Waals surface area (Å²) in [6.45, 7) is 10.5. The molecular formula is C16H31N3O. The molecule has 20 heavy (non-hydrogen) atoms. The highest BCUT2D eigenvalue weighted by Gasteiger charge is 2.32. The van der Waals surface area contributed by atoms with Gasteiger partial charge in [0.2, 0.25) is 0 Å². The van der Waals surface area contributed by atoms with Crippen molar-refractivity contribution in [3.63, 3.8) is 0 Å². The molecule has 0 saturated heterocycles. The van der Waals surface area contributed by atoms with Gasteiger partial charge >= 0.3 is 0 Å². The molecule has 0 amide bonds. The first-order valence-electron chi connectivity index (χ1n) is 7.91. The van der Waals surface area contributed by atoms with Gasteiger partial charge in [0.25, 0.3) is 0 Å². The van der Waals surface area contributed by atoms with Gasteiger partial charge in [-0.25, -0.2) is 0 Å². The number of ether oxygens (including phenoxy) is 1. The highest BCUT2D eigenvalue weighted by molar-refractivity contribution is 5.02. The monoisotopic (exact) mass is 281 g/mol. The zero-order valence-electron chi connectivity index (χ0n) is 13.8. The fraction of sp³-hybridized carbons (Fsp3) is 0.812. The van der Waals surface area contributed by atoms with Gasteiger partial charge in [-0.05, 0) is 52.1 Å². The molecule has 1 aromatic heterocycles. The summed E-state index contributed by atoms with van der Waals surface area (Å²) in [6, 6.07) is 2.48. The Morgan fingerprint density at radius 1 is 1.40 bits per heavy atom. The molecule has 4 heteroatoms. The molecule has 1 rings (SSSR count). The van der Waals surface area contributed by atoms with Crippen LogP contribution in [-0.2, 0) is 18.2 Å². The minimum atomic E-state index is -0.0947. The second-order valence-corrected chi connectivity index (χ2v) is 5.59. The van der Waals surface area contributed by atoms with Crippen molar-refractivity contribution in [3.05, 3.63) is 18.0 Å². The number of hydrogen-bond acceptors (Lipinski definition) is 3. The molecule has 116 valence electrons. The number of aromatic nitrogens is 2. The third-order valence-corrected chi connectivity index (χ3v) is 4.17. The molecule has 0 fully saturated rings. The van der Waals surface area contributed by atoms with Crippen molar-refractivity contribution in [1.29, 1.82) is 0 Å². The van der Waals surface area contributed by atoms with Crippen LogP contribution in [0, 0.1) is 0 Å². The third-order valence-electron chi connectivity index (χ3n) is 4.17. The summed E-state index contributed by atoms with van der Waals surface area (Å²) in [5.41, 5.74) is 1.19. The largest absolute Gasteiger partial charge is 0.374 e. The van der Waals surface area contributed by atoms with E-state index in [-0.39, 0.29) is 5.60 Å². The molecule has 0 aliphatic rings. The highest BCUT2D eigenvalue weighted by Crippen LogP contribution is 2.24. The summed E-state index contributed by atoms with van der Waals surface area (Å²) in [7, 11) is 2.01. The van der Waals surface area contributed by atoms with Crippen molar-refractivity contribution in [2.75, 3.05) is 13.2 Å². The summed E-state index contributed by atoms with van der Waals surface area (Å²) in [5, 5.41) is 7.91. The molecule has 0 aliphatic carbocycles. The lowest BCUT2D eigenvalue weighted by atomic mass is 9.89. The quantitative estimate of drug-likeness (QED) is 0.716. The summed E-state index contributed by atoms with van der Waals surface area (Å²) in [6.07, 6.45) is 6.14. The fourth-order valence-electron chi connectivity index (χ4n) is 2.66. The number of nitrogens with zero attached hydrogens (tertiary/aromatic N) is 2. The van der Waals surface area contributed by atoms with Crippen molar-refractivity contribution in [1.82, 2.24) is 15.1 Å². The Morgan fingerprint density at radius 2 is 2.15 bits per heavy atom. The van der Waals surface area contributed by atoms with E-state index in [2.05, 4.69) is 44.2 Å². The van der Waals surface area contributed by atoms with Gasteiger partial charge in [0.1, 0.15) is 0 Å². The summed E-state index contributed by atoms with van der Waals surface area (Å²) >= 11 is 0. The first-order chi connectivity index (χ1) is 9.57. The maximum atomic E-state index is 6.05. The van der Waals surface area contributed by atoms with Crippen LogP contribution in [0.2, 0.25) is 0 Å². The van der Waals surface area contributed by atoms with E-state index in [4.69, 9.17) is 4.74 Å². The van der Waals surface area contributed by atoms with Crippen molar-refractivity contribution in [2.24, 2.45) is 7.05 Å². The van der Waals surface area contributed by atoms with Crippen LogP contribution in [0.25, 0.3) is 0 Å². The molecule has 0 aliphatic heterocycles. The van der Waals surface area contributed by atoms with Gasteiger partial charge in [-0.15, -0.1) is 0 Å². The van der Waals surface area contributed by atoms with Crippen LogP contribution < -0.4 is 5.32 Å². The Labute approximate surface area is 123 Å². The maximum absolute atomic E-state index is 6.05. The van der Waals surface area contributed by atoms with Crippen LogP contribution >= 0.6 is 0 Å². The smallest absolute Gasteiger partial charge is 0.0804 e. The van der Waals surface area contributed by atoms with Crippen LogP contribution in [0.4, 0.5) is 0 Å². The molecule has 1 N–H and O–H groups in total. The molecular weight excluding hydrogens is 250 g/mol. The second kappa shape index (κ2) is 8.42. The van der Waals surface area contributed by atoms with Gasteiger partial charge in [0, 0.05) is 31.6 Å². The molecule has 0 aromatic carbocycles. The van der Waals surface area contributed by atoms with Crippen LogP contribution in [-0.4, -0.2) is 34.6 Å². The lowest BCUT2D eigenvalue weighted by Gasteiger charge is -2.37. The zero-order chi connectivity index (χ0) is 15.0. The van der Waals surface area contributed by atoms with Gasteiger partial charge < -0.3 is 10.1 Å². The SMILES string of the molecule is CCCNC(CCc1ccnn1C)C(C)(CC)OCC. The van der Waals surface area contributed by atoms with Crippen molar-refractivity contribution in [3.8, 4) is 0 Å². The second-order valence-electron chi connectivity index (χ2n) is 5.59. The van der Waals surface area contributed by atoms with Gasteiger partial charge in [-0.3, -0.25) is 4.68 Å². The Morgan fingerprint density at radius 3 is 2.65 bits per heavy atom. The maximum Gasteiger partial charge on any atom is 0.0804 e. The highest BCUT2D eigenvalue weighted by atomic mass is 16.5. The van der Waals surface area contributed by atoms with Crippen LogP contribution in [0.1, 0.15) is 52.7 Å². The van der Waals surface area contributed by atoms with Crippen LogP contribution in [0.3, 0.4) is 0 Å². The van der Waals surface area contributed by atoms with Gasteiger partial charge in [-0.2, -0.15) is 5.10 Å². The van der Waals surface area contributed by atoms with Crippen LogP contribution in [0.15, 0.2) is 12.3 Å². The third kappa shape index (κ3) is 4.60. The van der Waals surface area contributed by atoms with E-state index in [0.29, 0.717) is 6.04 Å². The Balaban J connectivity index is 2.70. The molecule has 0 bridgehead atoms. The van der Waals surface area contributed by atoms with Crippen LogP contribution in [0.5, 0.6) is 0 Å². The normalized spacial score (nSPS) is 16.1. The number of nitrogens with one attached hydrogen (secondary N) is 1. The average molecular weight is 281 g/mol. The average Bonchev–Trinajstić information content (AvgIpc) is 2.84. The predicted octanol–water partition coefficient (Wildman–Crippen LogP) is 2.93. The van der Waals surface area contributed by atoms with Gasteiger partial charge in [0.15, 0.2) is 0 Å². The van der Waals surface area contributed by atoms with E-state index >= 15 is 0 Å². The number of rotatable bonds is 10. The fourth-order valence-corrected chi connectivity index (χ4v) is 2.66. The van der Waals surface area contributed by atoms with E-state index in [1.165, 1.54) is 5.69 Å². The zero-order valence-corrected chi connectivity index (χ0v) is 13.8. The molecule has 0 saturated carbocycles. The summed E-state index contributed by atoms with van der Waals surface area (Å²) in [4.78, 5) is 0. The standard InChI is InChI=1S/C16H31N3O/c1-6-12-17-15(16(4,7-2)20-8-3)10-9-14-11-13-18-19(14)5/h11,13,15,17H,6-10,12H2,1-5H3. The minimum Gasteiger partial charge on any atom is -0.374 e. The Hall–Kier alpha value is -0.870. The number of hydrogen-bond donors (Lipinski definition) is 1. The Bertz CT molecular complexity index is 378. The lowest BCUT2D eigenvalue weighted by Crippen LogP contribution is -2.50. The minimum absolute atomic E-state index is 0.0947. The van der Waals surface area contributed by atoms with Crippen molar-refractivity contribution >= 4 is 0 Å². The van der Waals surface area contributed by atoms with E-state index in [1.54, 1.807) is 0 Å². The molecule has 2 atom stereocenters. The molecule has 2 unspecified atom stereocenters. The molecule has 1 aromatic rings. The van der Waals surface area contributed by atoms with Crippen molar-refractivity contribution in [2.45, 2.75) is 65.0 Å². The Kier molecular flexibility index (Phi) is 7.24. The van der Waals surface area contributed by atoms with E-state index in [1.807, 2.05) is 17.9 Å². The summed E-state index contributed by atoms with van der Waals surface area (Å²) < 4.78 is 8.01. The van der Waals surface area contributed by atoms with Crippen molar-refractivity contribution < 1.29 is 4.74 Å². The topological polar surface area (TPSA) is 39.1 Å².